The summed E-state index contributed by atoms with van der Waals surface area (Å²) in [5, 5.41) is 11.1. The Morgan fingerprint density at radius 3 is 2.94 bits per heavy atom. The van der Waals surface area contributed by atoms with E-state index in [1.54, 1.807) is 6.07 Å². The Bertz CT molecular complexity index is 437. The van der Waals surface area contributed by atoms with Crippen LogP contribution >= 0.6 is 0 Å². The maximum absolute atomic E-state index is 11.9. The van der Waals surface area contributed by atoms with Gasteiger partial charge >= 0.3 is 5.97 Å². The van der Waals surface area contributed by atoms with E-state index in [0.717, 1.165) is 12.8 Å². The number of rotatable bonds is 7. The van der Waals surface area contributed by atoms with Crippen LogP contribution in [0.3, 0.4) is 0 Å². The molecule has 0 aliphatic heterocycles. The number of carbonyl (C=O) groups is 2. The number of nitrogens with one attached hydrogen (secondary N) is 1. The molecular formula is C12H16N2O4. The summed E-state index contributed by atoms with van der Waals surface area (Å²) in [5.41, 5.74) is 0.649. The predicted octanol–water partition coefficient (Wildman–Crippen LogP) is 0.654. The molecule has 0 saturated heterocycles. The van der Waals surface area contributed by atoms with Gasteiger partial charge in [0, 0.05) is 18.8 Å². The first-order chi connectivity index (χ1) is 8.68. The first-order valence-electron chi connectivity index (χ1n) is 5.93. The molecule has 0 spiro atoms. The van der Waals surface area contributed by atoms with E-state index in [4.69, 9.17) is 9.84 Å². The van der Waals surface area contributed by atoms with Gasteiger partial charge in [-0.3, -0.25) is 4.79 Å². The van der Waals surface area contributed by atoms with E-state index in [9.17, 15) is 9.59 Å². The van der Waals surface area contributed by atoms with Crippen LogP contribution in [-0.4, -0.2) is 41.3 Å². The highest BCUT2D eigenvalue weighted by Crippen LogP contribution is 2.35. The van der Waals surface area contributed by atoms with Crippen molar-refractivity contribution in [3.63, 3.8) is 0 Å². The van der Waals surface area contributed by atoms with Gasteiger partial charge in [0.15, 0.2) is 0 Å². The van der Waals surface area contributed by atoms with Gasteiger partial charge in [-0.05, 0) is 25.0 Å². The van der Waals surface area contributed by atoms with Gasteiger partial charge < -0.3 is 19.7 Å². The van der Waals surface area contributed by atoms with Gasteiger partial charge in [0.1, 0.15) is 12.3 Å². The zero-order valence-electron chi connectivity index (χ0n) is 9.96. The van der Waals surface area contributed by atoms with Gasteiger partial charge in [-0.25, -0.2) is 4.79 Å². The van der Waals surface area contributed by atoms with Crippen LogP contribution in [0.2, 0.25) is 0 Å². The standard InChI is InChI=1S/C12H16N2O4/c15-11(16)8-18-7-5-13-12(17)10-2-1-6-14(10)9-3-4-9/h1-2,6,9H,3-5,7-8H2,(H,13,17)(H,15,16). The van der Waals surface area contributed by atoms with Gasteiger partial charge in [0.2, 0.25) is 0 Å². The lowest BCUT2D eigenvalue weighted by Gasteiger charge is -2.08. The van der Waals surface area contributed by atoms with E-state index in [0.29, 0.717) is 18.3 Å². The van der Waals surface area contributed by atoms with Crippen molar-refractivity contribution in [2.45, 2.75) is 18.9 Å². The number of nitrogens with zero attached hydrogens (tertiary/aromatic N) is 1. The first kappa shape index (κ1) is 12.6. The fourth-order valence-corrected chi connectivity index (χ4v) is 1.74. The molecule has 6 heteroatoms. The number of hydrogen-bond donors (Lipinski definition) is 2. The Morgan fingerprint density at radius 1 is 1.50 bits per heavy atom. The third-order valence-electron chi connectivity index (χ3n) is 2.71. The molecule has 1 aliphatic rings. The first-order valence-corrected chi connectivity index (χ1v) is 5.93. The number of aromatic nitrogens is 1. The molecule has 0 bridgehead atoms. The van der Waals surface area contributed by atoms with Gasteiger partial charge in [-0.15, -0.1) is 0 Å². The Hall–Kier alpha value is -1.82. The summed E-state index contributed by atoms with van der Waals surface area (Å²) < 4.78 is 6.81. The maximum atomic E-state index is 11.9. The predicted molar refractivity (Wildman–Crippen MR) is 63.5 cm³/mol. The van der Waals surface area contributed by atoms with E-state index < -0.39 is 5.97 Å². The fourth-order valence-electron chi connectivity index (χ4n) is 1.74. The average Bonchev–Trinajstić information content (AvgIpc) is 3.05. The molecule has 1 aromatic heterocycles. The van der Waals surface area contributed by atoms with Crippen LogP contribution in [0.25, 0.3) is 0 Å². The molecule has 2 rings (SSSR count). The zero-order chi connectivity index (χ0) is 13.0. The second-order valence-corrected chi connectivity index (χ2v) is 4.23. The van der Waals surface area contributed by atoms with Crippen LogP contribution < -0.4 is 5.32 Å². The lowest BCUT2D eigenvalue weighted by molar-refractivity contribution is -0.142. The van der Waals surface area contributed by atoms with Crippen molar-refractivity contribution in [2.75, 3.05) is 19.8 Å². The minimum atomic E-state index is -1.01. The number of carbonyl (C=O) groups excluding carboxylic acids is 1. The van der Waals surface area contributed by atoms with Crippen LogP contribution in [0.15, 0.2) is 18.3 Å². The highest BCUT2D eigenvalue weighted by Gasteiger charge is 2.26. The van der Waals surface area contributed by atoms with Gasteiger partial charge in [0.05, 0.1) is 6.61 Å². The molecule has 6 nitrogen and oxygen atoms in total. The number of hydrogen-bond acceptors (Lipinski definition) is 3. The summed E-state index contributed by atoms with van der Waals surface area (Å²) in [6, 6.07) is 4.10. The highest BCUT2D eigenvalue weighted by molar-refractivity contribution is 5.92. The highest BCUT2D eigenvalue weighted by atomic mass is 16.5. The Morgan fingerprint density at radius 2 is 2.28 bits per heavy atom. The van der Waals surface area contributed by atoms with E-state index in [1.165, 1.54) is 0 Å². The van der Waals surface area contributed by atoms with Gasteiger partial charge in [-0.1, -0.05) is 0 Å². The summed E-state index contributed by atoms with van der Waals surface area (Å²) in [7, 11) is 0. The van der Waals surface area contributed by atoms with Crippen molar-refractivity contribution in [1.82, 2.24) is 9.88 Å². The van der Waals surface area contributed by atoms with Crippen molar-refractivity contribution in [3.05, 3.63) is 24.0 Å². The van der Waals surface area contributed by atoms with Crippen LogP contribution in [0.1, 0.15) is 29.4 Å². The lowest BCUT2D eigenvalue weighted by Crippen LogP contribution is -2.29. The second kappa shape index (κ2) is 5.68. The molecule has 1 aromatic rings. The second-order valence-electron chi connectivity index (χ2n) is 4.23. The zero-order valence-corrected chi connectivity index (χ0v) is 9.96. The number of carboxylic acid groups (broad SMARTS) is 1. The molecule has 0 aromatic carbocycles. The summed E-state index contributed by atoms with van der Waals surface area (Å²) in [6.07, 6.45) is 4.15. The summed E-state index contributed by atoms with van der Waals surface area (Å²) in [4.78, 5) is 22.0. The van der Waals surface area contributed by atoms with Crippen molar-refractivity contribution >= 4 is 11.9 Å². The molecular weight excluding hydrogens is 236 g/mol. The van der Waals surface area contributed by atoms with Crippen molar-refractivity contribution < 1.29 is 19.4 Å². The molecule has 1 aliphatic carbocycles. The monoisotopic (exact) mass is 252 g/mol. The Labute approximate surface area is 105 Å². The quantitative estimate of drug-likeness (QED) is 0.698. The molecule has 1 amide bonds. The van der Waals surface area contributed by atoms with Crippen molar-refractivity contribution in [2.24, 2.45) is 0 Å². The third-order valence-corrected chi connectivity index (χ3v) is 2.71. The molecule has 98 valence electrons. The average molecular weight is 252 g/mol. The maximum Gasteiger partial charge on any atom is 0.329 e. The molecule has 2 N–H and O–H groups in total. The fraction of sp³-hybridized carbons (Fsp3) is 0.500. The van der Waals surface area contributed by atoms with Crippen LogP contribution in [-0.2, 0) is 9.53 Å². The molecule has 0 unspecified atom stereocenters. The van der Waals surface area contributed by atoms with Gasteiger partial charge in [-0.2, -0.15) is 0 Å². The van der Waals surface area contributed by atoms with Crippen LogP contribution in [0.5, 0.6) is 0 Å². The largest absolute Gasteiger partial charge is 0.480 e. The molecule has 1 saturated carbocycles. The topological polar surface area (TPSA) is 80.6 Å². The summed E-state index contributed by atoms with van der Waals surface area (Å²) in [6.45, 7) is 0.165. The SMILES string of the molecule is O=C(O)COCCNC(=O)c1cccn1C1CC1. The Kier molecular flexibility index (Phi) is 3.99. The summed E-state index contributed by atoms with van der Waals surface area (Å²) in [5.74, 6) is -1.16. The summed E-state index contributed by atoms with van der Waals surface area (Å²) >= 11 is 0. The van der Waals surface area contributed by atoms with Crippen LogP contribution in [0.4, 0.5) is 0 Å². The molecule has 18 heavy (non-hydrogen) atoms. The lowest BCUT2D eigenvalue weighted by atomic mass is 10.4. The third kappa shape index (κ3) is 3.33. The van der Waals surface area contributed by atoms with Crippen LogP contribution in [0, 0.1) is 0 Å². The number of aliphatic carboxylic acids is 1. The van der Waals surface area contributed by atoms with Crippen molar-refractivity contribution in [3.8, 4) is 0 Å². The molecule has 1 fully saturated rings. The van der Waals surface area contributed by atoms with E-state index in [2.05, 4.69) is 5.32 Å². The number of carboxylic acids is 1. The number of ether oxygens (including phenoxy) is 1. The normalized spacial score (nSPS) is 14.4. The Balaban J connectivity index is 1.74. The van der Waals surface area contributed by atoms with E-state index >= 15 is 0 Å². The minimum absolute atomic E-state index is 0.147. The number of amides is 1. The smallest absolute Gasteiger partial charge is 0.329 e. The molecule has 0 atom stereocenters. The minimum Gasteiger partial charge on any atom is -0.480 e. The molecule has 0 radical (unpaired) electrons. The van der Waals surface area contributed by atoms with Crippen molar-refractivity contribution in [1.29, 1.82) is 0 Å². The van der Waals surface area contributed by atoms with E-state index in [1.807, 2.05) is 16.8 Å². The van der Waals surface area contributed by atoms with E-state index in [-0.39, 0.29) is 19.1 Å². The van der Waals surface area contributed by atoms with Gasteiger partial charge in [0.25, 0.3) is 5.91 Å². The molecule has 1 heterocycles.